The minimum Gasteiger partial charge on any atom is -0.366 e. The van der Waals surface area contributed by atoms with Crippen LogP contribution >= 0.6 is 0 Å². The van der Waals surface area contributed by atoms with E-state index in [4.69, 9.17) is 10.5 Å². The second kappa shape index (κ2) is 5.49. The Morgan fingerprint density at radius 1 is 1.10 bits per heavy atom. The zero-order chi connectivity index (χ0) is 15.5. The predicted octanol–water partition coefficient (Wildman–Crippen LogP) is 0.919. The molecule has 2 rings (SSSR count). The fourth-order valence-corrected chi connectivity index (χ4v) is 2.72. The number of nitrogens with zero attached hydrogens (tertiary/aromatic N) is 2. The third-order valence-electron chi connectivity index (χ3n) is 2.59. The van der Waals surface area contributed by atoms with E-state index >= 15 is 0 Å². The van der Waals surface area contributed by atoms with Crippen molar-refractivity contribution in [2.75, 3.05) is 4.72 Å². The number of nitrogens with one attached hydrogen (secondary N) is 2. The number of hydrogen-bond donors (Lipinski definition) is 2. The highest BCUT2D eigenvalue weighted by atomic mass is 32.2. The van der Waals surface area contributed by atoms with Crippen LogP contribution in [0.3, 0.4) is 0 Å². The van der Waals surface area contributed by atoms with Crippen LogP contribution in [0, 0.1) is 22.7 Å². The van der Waals surface area contributed by atoms with Crippen molar-refractivity contribution in [2.24, 2.45) is 0 Å². The number of aromatic nitrogens is 1. The van der Waals surface area contributed by atoms with Crippen LogP contribution in [0.2, 0.25) is 0 Å². The third-order valence-corrected chi connectivity index (χ3v) is 3.99. The van der Waals surface area contributed by atoms with Gasteiger partial charge in [-0.1, -0.05) is 0 Å². The number of rotatable bonds is 3. The molecule has 0 saturated heterocycles. The molecule has 8 heteroatoms. The molecule has 104 valence electrons. The summed E-state index contributed by atoms with van der Waals surface area (Å²) in [4.78, 5) is 13.6. The van der Waals surface area contributed by atoms with Gasteiger partial charge in [0.05, 0.1) is 16.8 Å². The normalized spacial score (nSPS) is 10.4. The number of H-pyrrole nitrogens is 1. The molecule has 7 nitrogen and oxygen atoms in total. The highest BCUT2D eigenvalue weighted by molar-refractivity contribution is 7.92. The van der Waals surface area contributed by atoms with E-state index in [2.05, 4.69) is 9.71 Å². The van der Waals surface area contributed by atoms with Crippen LogP contribution < -0.4 is 10.2 Å². The Hall–Kier alpha value is -3.10. The lowest BCUT2D eigenvalue weighted by atomic mass is 10.1. The van der Waals surface area contributed by atoms with Crippen LogP contribution in [-0.4, -0.2) is 13.4 Å². The summed E-state index contributed by atoms with van der Waals surface area (Å²) in [5, 5.41) is 17.7. The standard InChI is InChI=1S/C13H8N4O3S/c14-6-9-1-2-11(5-10(9)7-15)17-21(19,20)13-8-16-4-3-12(13)18/h1-5,8,17H,(H,16,18). The van der Waals surface area contributed by atoms with Crippen LogP contribution in [0.25, 0.3) is 0 Å². The molecule has 0 aliphatic carbocycles. The smallest absolute Gasteiger partial charge is 0.267 e. The minimum absolute atomic E-state index is 0.0414. The van der Waals surface area contributed by atoms with Crippen molar-refractivity contribution >= 4 is 15.7 Å². The van der Waals surface area contributed by atoms with Crippen molar-refractivity contribution in [2.45, 2.75) is 4.90 Å². The molecule has 0 unspecified atom stereocenters. The molecule has 0 amide bonds. The second-order valence-electron chi connectivity index (χ2n) is 3.96. The monoisotopic (exact) mass is 300 g/mol. The summed E-state index contributed by atoms with van der Waals surface area (Å²) in [6, 6.07) is 8.61. The molecule has 0 radical (unpaired) electrons. The number of sulfonamides is 1. The zero-order valence-electron chi connectivity index (χ0n) is 10.5. The summed E-state index contributed by atoms with van der Waals surface area (Å²) in [5.41, 5.74) is -0.387. The first kappa shape index (κ1) is 14.3. The van der Waals surface area contributed by atoms with Gasteiger partial charge in [-0.15, -0.1) is 0 Å². The van der Waals surface area contributed by atoms with Gasteiger partial charge in [-0.25, -0.2) is 8.42 Å². The maximum atomic E-state index is 12.1. The number of anilines is 1. The summed E-state index contributed by atoms with van der Waals surface area (Å²) < 4.78 is 26.4. The maximum absolute atomic E-state index is 12.1. The van der Waals surface area contributed by atoms with E-state index in [-0.39, 0.29) is 16.8 Å². The average molecular weight is 300 g/mol. The minimum atomic E-state index is -4.07. The van der Waals surface area contributed by atoms with E-state index in [0.717, 1.165) is 12.3 Å². The zero-order valence-corrected chi connectivity index (χ0v) is 11.3. The van der Waals surface area contributed by atoms with Gasteiger partial charge in [0, 0.05) is 18.5 Å². The fourth-order valence-electron chi connectivity index (χ4n) is 1.62. The van der Waals surface area contributed by atoms with Crippen molar-refractivity contribution in [3.8, 4) is 12.1 Å². The summed E-state index contributed by atoms with van der Waals surface area (Å²) in [5.74, 6) is 0. The molecule has 0 spiro atoms. The molecule has 0 aliphatic heterocycles. The van der Waals surface area contributed by atoms with E-state index in [1.165, 1.54) is 24.4 Å². The Bertz CT molecular complexity index is 933. The van der Waals surface area contributed by atoms with E-state index in [1.54, 1.807) is 6.07 Å². The van der Waals surface area contributed by atoms with Gasteiger partial charge in [0.15, 0.2) is 4.90 Å². The Labute approximate surface area is 120 Å². The lowest BCUT2D eigenvalue weighted by Gasteiger charge is -2.07. The molecule has 0 atom stereocenters. The Morgan fingerprint density at radius 2 is 1.81 bits per heavy atom. The van der Waals surface area contributed by atoms with Gasteiger partial charge in [-0.3, -0.25) is 9.52 Å². The highest BCUT2D eigenvalue weighted by Crippen LogP contribution is 2.17. The van der Waals surface area contributed by atoms with Crippen molar-refractivity contribution in [1.82, 2.24) is 4.98 Å². The van der Waals surface area contributed by atoms with Crippen LogP contribution in [0.4, 0.5) is 5.69 Å². The molecule has 0 saturated carbocycles. The first-order chi connectivity index (χ1) is 9.97. The number of nitriles is 2. The molecule has 0 fully saturated rings. The first-order valence-electron chi connectivity index (χ1n) is 5.62. The SMILES string of the molecule is N#Cc1ccc(NS(=O)(=O)c2c[nH]ccc2=O)cc1C#N. The predicted molar refractivity (Wildman–Crippen MR) is 73.7 cm³/mol. The van der Waals surface area contributed by atoms with Gasteiger partial charge in [0.2, 0.25) is 5.43 Å². The third kappa shape index (κ3) is 2.91. The van der Waals surface area contributed by atoms with Crippen LogP contribution in [-0.2, 0) is 10.0 Å². The van der Waals surface area contributed by atoms with Gasteiger partial charge < -0.3 is 4.98 Å². The molecular weight excluding hydrogens is 292 g/mol. The van der Waals surface area contributed by atoms with Crippen LogP contribution in [0.5, 0.6) is 0 Å². The molecule has 0 bridgehead atoms. The Kier molecular flexibility index (Phi) is 3.74. The molecule has 21 heavy (non-hydrogen) atoms. The van der Waals surface area contributed by atoms with E-state index in [1.807, 2.05) is 6.07 Å². The number of aromatic amines is 1. The van der Waals surface area contributed by atoms with Gasteiger partial charge in [0.1, 0.15) is 12.1 Å². The lowest BCUT2D eigenvalue weighted by molar-refractivity contribution is 0.600. The van der Waals surface area contributed by atoms with Gasteiger partial charge >= 0.3 is 0 Å². The number of benzene rings is 1. The molecule has 1 aromatic heterocycles. The molecule has 2 N–H and O–H groups in total. The molecule has 2 aromatic rings. The highest BCUT2D eigenvalue weighted by Gasteiger charge is 2.18. The summed E-state index contributed by atoms with van der Waals surface area (Å²) in [7, 11) is -4.07. The summed E-state index contributed by atoms with van der Waals surface area (Å²) >= 11 is 0. The average Bonchev–Trinajstić information content (AvgIpc) is 2.47. The molecule has 1 heterocycles. The van der Waals surface area contributed by atoms with Gasteiger partial charge in [0.25, 0.3) is 10.0 Å². The fraction of sp³-hybridized carbons (Fsp3) is 0. The second-order valence-corrected chi connectivity index (χ2v) is 5.61. The largest absolute Gasteiger partial charge is 0.366 e. The summed E-state index contributed by atoms with van der Waals surface area (Å²) in [6.07, 6.45) is 2.39. The topological polar surface area (TPSA) is 127 Å². The Morgan fingerprint density at radius 3 is 2.43 bits per heavy atom. The molecular formula is C13H8N4O3S. The number of hydrogen-bond acceptors (Lipinski definition) is 5. The summed E-state index contributed by atoms with van der Waals surface area (Å²) in [6.45, 7) is 0. The van der Waals surface area contributed by atoms with E-state index < -0.39 is 20.3 Å². The van der Waals surface area contributed by atoms with Crippen molar-refractivity contribution in [3.63, 3.8) is 0 Å². The number of pyridine rings is 1. The van der Waals surface area contributed by atoms with Crippen molar-refractivity contribution in [1.29, 1.82) is 10.5 Å². The van der Waals surface area contributed by atoms with E-state index in [9.17, 15) is 13.2 Å². The van der Waals surface area contributed by atoms with Crippen molar-refractivity contribution < 1.29 is 8.42 Å². The van der Waals surface area contributed by atoms with Crippen LogP contribution in [0.1, 0.15) is 11.1 Å². The first-order valence-corrected chi connectivity index (χ1v) is 7.10. The molecule has 1 aromatic carbocycles. The Balaban J connectivity index is 2.44. The quantitative estimate of drug-likeness (QED) is 0.871. The lowest BCUT2D eigenvalue weighted by Crippen LogP contribution is -2.21. The van der Waals surface area contributed by atoms with Gasteiger partial charge in [-0.2, -0.15) is 10.5 Å². The van der Waals surface area contributed by atoms with E-state index in [0.29, 0.717) is 0 Å². The molecule has 0 aliphatic rings. The van der Waals surface area contributed by atoms with Gasteiger partial charge in [-0.05, 0) is 18.2 Å². The van der Waals surface area contributed by atoms with Crippen molar-refractivity contribution in [3.05, 3.63) is 58.0 Å². The maximum Gasteiger partial charge on any atom is 0.267 e. The van der Waals surface area contributed by atoms with Crippen LogP contribution in [0.15, 0.2) is 46.3 Å².